The Hall–Kier alpha value is -1.36. The highest BCUT2D eigenvalue weighted by molar-refractivity contribution is 5.86. The van der Waals surface area contributed by atoms with E-state index in [0.717, 1.165) is 24.6 Å². The first-order valence-corrected chi connectivity index (χ1v) is 4.57. The topological polar surface area (TPSA) is 58.4 Å². The van der Waals surface area contributed by atoms with Crippen LogP contribution in [-0.4, -0.2) is 39.1 Å². The summed E-state index contributed by atoms with van der Waals surface area (Å²) < 4.78 is 1.99. The Kier molecular flexibility index (Phi) is 2.03. The molecule has 2 heterocycles. The fourth-order valence-corrected chi connectivity index (χ4v) is 1.84. The molecule has 0 atom stereocenters. The lowest BCUT2D eigenvalue weighted by atomic mass is 10.2. The van der Waals surface area contributed by atoms with Crippen molar-refractivity contribution in [2.75, 3.05) is 13.6 Å². The minimum Gasteiger partial charge on any atom is -0.476 e. The number of hydrogen-bond acceptors (Lipinski definition) is 3. The van der Waals surface area contributed by atoms with Crippen LogP contribution < -0.4 is 0 Å². The lowest BCUT2D eigenvalue weighted by molar-refractivity contribution is 0.0687. The average Bonchev–Trinajstić information content (AvgIpc) is 2.43. The first-order chi connectivity index (χ1) is 6.59. The summed E-state index contributed by atoms with van der Waals surface area (Å²) in [5.41, 5.74) is 1.03. The standard InChI is InChI=1S/C9H13N3O2/c1-6-10-8(9(13)14)7-5-11(2)3-4-12(6)7/h3-5H2,1-2H3,(H,13,14). The molecule has 0 radical (unpaired) electrons. The van der Waals surface area contributed by atoms with Crippen molar-refractivity contribution in [2.45, 2.75) is 20.0 Å². The van der Waals surface area contributed by atoms with Gasteiger partial charge in [0.2, 0.25) is 0 Å². The Morgan fingerprint density at radius 3 is 2.86 bits per heavy atom. The number of fused-ring (bicyclic) bond motifs is 1. The number of aromatic carboxylic acids is 1. The van der Waals surface area contributed by atoms with Gasteiger partial charge in [-0.3, -0.25) is 4.90 Å². The second kappa shape index (κ2) is 3.09. The molecule has 0 bridgehead atoms. The molecule has 1 aromatic heterocycles. The molecule has 1 aliphatic heterocycles. The zero-order chi connectivity index (χ0) is 10.3. The second-order valence-electron chi connectivity index (χ2n) is 3.65. The van der Waals surface area contributed by atoms with E-state index in [2.05, 4.69) is 9.88 Å². The minimum atomic E-state index is -0.933. The second-order valence-corrected chi connectivity index (χ2v) is 3.65. The average molecular weight is 195 g/mol. The number of rotatable bonds is 1. The van der Waals surface area contributed by atoms with Gasteiger partial charge in [0.25, 0.3) is 0 Å². The van der Waals surface area contributed by atoms with Crippen molar-refractivity contribution >= 4 is 5.97 Å². The van der Waals surface area contributed by atoms with E-state index in [0.29, 0.717) is 6.54 Å². The van der Waals surface area contributed by atoms with Crippen LogP contribution >= 0.6 is 0 Å². The van der Waals surface area contributed by atoms with Crippen molar-refractivity contribution in [1.29, 1.82) is 0 Å². The highest BCUT2D eigenvalue weighted by atomic mass is 16.4. The van der Waals surface area contributed by atoms with Crippen LogP contribution in [0.15, 0.2) is 0 Å². The predicted octanol–water partition coefficient (Wildman–Crippen LogP) is 0.335. The summed E-state index contributed by atoms with van der Waals surface area (Å²) in [6, 6.07) is 0. The highest BCUT2D eigenvalue weighted by Gasteiger charge is 2.23. The number of carbonyl (C=O) groups is 1. The van der Waals surface area contributed by atoms with E-state index >= 15 is 0 Å². The molecule has 5 nitrogen and oxygen atoms in total. The molecule has 0 fully saturated rings. The number of aryl methyl sites for hydroxylation is 1. The number of hydrogen-bond donors (Lipinski definition) is 1. The van der Waals surface area contributed by atoms with Gasteiger partial charge in [-0.2, -0.15) is 0 Å². The predicted molar refractivity (Wildman–Crippen MR) is 50.3 cm³/mol. The molecule has 0 aliphatic carbocycles. The Labute approximate surface area is 82.0 Å². The van der Waals surface area contributed by atoms with E-state index in [1.807, 2.05) is 18.5 Å². The van der Waals surface area contributed by atoms with Crippen LogP contribution in [-0.2, 0) is 13.1 Å². The third kappa shape index (κ3) is 1.29. The number of likely N-dealkylation sites (N-methyl/N-ethyl adjacent to an activating group) is 1. The van der Waals surface area contributed by atoms with E-state index in [1.54, 1.807) is 0 Å². The van der Waals surface area contributed by atoms with E-state index in [-0.39, 0.29) is 5.69 Å². The van der Waals surface area contributed by atoms with Crippen LogP contribution in [0.2, 0.25) is 0 Å². The molecule has 0 spiro atoms. The zero-order valence-electron chi connectivity index (χ0n) is 8.32. The van der Waals surface area contributed by atoms with Crippen LogP contribution in [0.5, 0.6) is 0 Å². The SMILES string of the molecule is Cc1nc(C(=O)O)c2n1CCN(C)C2. The molecule has 1 N–H and O–H groups in total. The van der Waals surface area contributed by atoms with E-state index in [9.17, 15) is 4.79 Å². The first kappa shape index (κ1) is 9.21. The van der Waals surface area contributed by atoms with E-state index < -0.39 is 5.97 Å². The maximum atomic E-state index is 10.9. The van der Waals surface area contributed by atoms with Gasteiger partial charge in [0, 0.05) is 19.6 Å². The summed E-state index contributed by atoms with van der Waals surface area (Å²) in [6.45, 7) is 4.30. The molecule has 0 unspecified atom stereocenters. The molecule has 5 heteroatoms. The smallest absolute Gasteiger partial charge is 0.356 e. The lowest BCUT2D eigenvalue weighted by Crippen LogP contribution is -2.31. The molecule has 0 aromatic carbocycles. The Bertz CT molecular complexity index is 384. The van der Waals surface area contributed by atoms with Crippen LogP contribution in [0, 0.1) is 6.92 Å². The molecule has 0 saturated carbocycles. The normalized spacial score (nSPS) is 16.7. The zero-order valence-corrected chi connectivity index (χ0v) is 8.32. The number of nitrogens with zero attached hydrogens (tertiary/aromatic N) is 3. The summed E-state index contributed by atoms with van der Waals surface area (Å²) in [7, 11) is 1.98. The summed E-state index contributed by atoms with van der Waals surface area (Å²) in [4.78, 5) is 17.1. The number of carboxylic acids is 1. The molecule has 1 aliphatic rings. The third-order valence-corrected chi connectivity index (χ3v) is 2.59. The van der Waals surface area contributed by atoms with E-state index in [1.165, 1.54) is 0 Å². The van der Waals surface area contributed by atoms with Crippen molar-refractivity contribution in [1.82, 2.24) is 14.5 Å². The molecule has 0 saturated heterocycles. The lowest BCUT2D eigenvalue weighted by Gasteiger charge is -2.24. The van der Waals surface area contributed by atoms with Gasteiger partial charge >= 0.3 is 5.97 Å². The summed E-state index contributed by atoms with van der Waals surface area (Å²) in [5, 5.41) is 8.95. The number of aromatic nitrogens is 2. The molecule has 2 rings (SSSR count). The van der Waals surface area contributed by atoms with Crippen molar-refractivity contribution < 1.29 is 9.90 Å². The van der Waals surface area contributed by atoms with Gasteiger partial charge in [-0.25, -0.2) is 9.78 Å². The fraction of sp³-hybridized carbons (Fsp3) is 0.556. The summed E-state index contributed by atoms with van der Waals surface area (Å²) in [5.74, 6) is -0.136. The van der Waals surface area contributed by atoms with E-state index in [4.69, 9.17) is 5.11 Å². The third-order valence-electron chi connectivity index (χ3n) is 2.59. The van der Waals surface area contributed by atoms with Gasteiger partial charge in [-0.05, 0) is 14.0 Å². The van der Waals surface area contributed by atoms with Crippen LogP contribution in [0.4, 0.5) is 0 Å². The van der Waals surface area contributed by atoms with Crippen LogP contribution in [0.25, 0.3) is 0 Å². The molecular weight excluding hydrogens is 182 g/mol. The Morgan fingerprint density at radius 2 is 2.21 bits per heavy atom. The molecule has 1 aromatic rings. The maximum absolute atomic E-state index is 10.9. The number of imidazole rings is 1. The molecule has 0 amide bonds. The van der Waals surface area contributed by atoms with Crippen LogP contribution in [0.3, 0.4) is 0 Å². The van der Waals surface area contributed by atoms with Gasteiger partial charge < -0.3 is 9.67 Å². The summed E-state index contributed by atoms with van der Waals surface area (Å²) in [6.07, 6.45) is 0. The Balaban J connectivity index is 2.50. The monoisotopic (exact) mass is 195 g/mol. The Morgan fingerprint density at radius 1 is 1.50 bits per heavy atom. The molecule has 14 heavy (non-hydrogen) atoms. The van der Waals surface area contributed by atoms with Gasteiger partial charge in [-0.15, -0.1) is 0 Å². The fourth-order valence-electron chi connectivity index (χ4n) is 1.84. The number of carboxylic acid groups (broad SMARTS) is 1. The van der Waals surface area contributed by atoms with Crippen molar-refractivity contribution in [2.24, 2.45) is 0 Å². The quantitative estimate of drug-likeness (QED) is 0.701. The van der Waals surface area contributed by atoms with Crippen molar-refractivity contribution in [3.63, 3.8) is 0 Å². The van der Waals surface area contributed by atoms with Crippen LogP contribution in [0.1, 0.15) is 22.0 Å². The van der Waals surface area contributed by atoms with Crippen molar-refractivity contribution in [3.8, 4) is 0 Å². The van der Waals surface area contributed by atoms with Gasteiger partial charge in [0.15, 0.2) is 5.69 Å². The molecular formula is C9H13N3O2. The molecule has 76 valence electrons. The highest BCUT2D eigenvalue weighted by Crippen LogP contribution is 2.17. The first-order valence-electron chi connectivity index (χ1n) is 4.57. The maximum Gasteiger partial charge on any atom is 0.356 e. The summed E-state index contributed by atoms with van der Waals surface area (Å²) >= 11 is 0. The minimum absolute atomic E-state index is 0.203. The van der Waals surface area contributed by atoms with Crippen molar-refractivity contribution in [3.05, 3.63) is 17.2 Å². The van der Waals surface area contributed by atoms with Gasteiger partial charge in [0.05, 0.1) is 5.69 Å². The van der Waals surface area contributed by atoms with Gasteiger partial charge in [-0.1, -0.05) is 0 Å². The largest absolute Gasteiger partial charge is 0.476 e. The van der Waals surface area contributed by atoms with Gasteiger partial charge in [0.1, 0.15) is 5.82 Å².